The van der Waals surface area contributed by atoms with E-state index in [2.05, 4.69) is 44.7 Å². The van der Waals surface area contributed by atoms with E-state index in [1.54, 1.807) is 0 Å². The Balaban J connectivity index is 2.96. The third-order valence-electron chi connectivity index (χ3n) is 3.63. The minimum absolute atomic E-state index is 0.124. The summed E-state index contributed by atoms with van der Waals surface area (Å²) in [6, 6.07) is 6.85. The van der Waals surface area contributed by atoms with Crippen molar-refractivity contribution in [1.82, 2.24) is 0 Å². The topological polar surface area (TPSA) is 23.5 Å². The molecule has 102 valence electrons. The molecule has 2 heteroatoms. The van der Waals surface area contributed by atoms with Crippen molar-refractivity contribution in [3.63, 3.8) is 0 Å². The lowest BCUT2D eigenvalue weighted by molar-refractivity contribution is 0.282. The average Bonchev–Trinajstić information content (AvgIpc) is 2.39. The van der Waals surface area contributed by atoms with Crippen molar-refractivity contribution in [2.24, 2.45) is 0 Å². The maximum Gasteiger partial charge on any atom is 0.0681 e. The molecule has 0 aliphatic heterocycles. The van der Waals surface area contributed by atoms with Gasteiger partial charge in [-0.15, -0.1) is 0 Å². The second kappa shape index (κ2) is 7.42. The molecule has 0 amide bonds. The molecule has 0 spiro atoms. The average molecular weight is 249 g/mol. The van der Waals surface area contributed by atoms with Crippen molar-refractivity contribution in [3.05, 3.63) is 29.3 Å². The van der Waals surface area contributed by atoms with Gasteiger partial charge in [-0.25, -0.2) is 0 Å². The highest BCUT2D eigenvalue weighted by Gasteiger charge is 2.14. The minimum Gasteiger partial charge on any atom is -0.392 e. The number of aliphatic hydroxyl groups is 1. The molecule has 0 aromatic heterocycles. The fourth-order valence-electron chi connectivity index (χ4n) is 2.27. The lowest BCUT2D eigenvalue weighted by Crippen LogP contribution is -2.34. The summed E-state index contributed by atoms with van der Waals surface area (Å²) in [5, 5.41) is 9.17. The molecule has 0 aliphatic carbocycles. The predicted octanol–water partition coefficient (Wildman–Crippen LogP) is 3.89. The molecular formula is C16H27NO. The monoisotopic (exact) mass is 249 g/mol. The van der Waals surface area contributed by atoms with Gasteiger partial charge in [-0.05, 0) is 43.9 Å². The van der Waals surface area contributed by atoms with Crippen LogP contribution in [0.2, 0.25) is 0 Å². The van der Waals surface area contributed by atoms with Gasteiger partial charge in [0.2, 0.25) is 0 Å². The van der Waals surface area contributed by atoms with Crippen LogP contribution in [0, 0.1) is 6.92 Å². The van der Waals surface area contributed by atoms with E-state index in [-0.39, 0.29) is 6.61 Å². The SMILES string of the molecule is CCCCN(c1ccc(CO)cc1C)C(C)CC. The third kappa shape index (κ3) is 3.74. The van der Waals surface area contributed by atoms with E-state index in [1.165, 1.54) is 24.1 Å². The van der Waals surface area contributed by atoms with Crippen molar-refractivity contribution in [3.8, 4) is 0 Å². The number of aryl methyl sites for hydroxylation is 1. The van der Waals surface area contributed by atoms with Gasteiger partial charge in [0.05, 0.1) is 6.61 Å². The standard InChI is InChI=1S/C16H27NO/c1-5-7-10-17(14(4)6-2)16-9-8-15(12-18)11-13(16)3/h8-9,11,14,18H,5-7,10,12H2,1-4H3. The summed E-state index contributed by atoms with van der Waals surface area (Å²) < 4.78 is 0. The minimum atomic E-state index is 0.124. The van der Waals surface area contributed by atoms with Crippen molar-refractivity contribution in [2.45, 2.75) is 59.6 Å². The number of aliphatic hydroxyl groups excluding tert-OH is 1. The third-order valence-corrected chi connectivity index (χ3v) is 3.63. The first-order chi connectivity index (χ1) is 8.63. The van der Waals surface area contributed by atoms with E-state index >= 15 is 0 Å². The molecule has 1 atom stereocenters. The molecule has 0 heterocycles. The summed E-state index contributed by atoms with van der Waals surface area (Å²) in [5.74, 6) is 0. The lowest BCUT2D eigenvalue weighted by atomic mass is 10.1. The predicted molar refractivity (Wildman–Crippen MR) is 79.1 cm³/mol. The summed E-state index contributed by atoms with van der Waals surface area (Å²) in [4.78, 5) is 2.50. The molecule has 1 unspecified atom stereocenters. The first kappa shape index (κ1) is 15.0. The zero-order valence-corrected chi connectivity index (χ0v) is 12.2. The molecule has 0 saturated heterocycles. The van der Waals surface area contributed by atoms with Gasteiger partial charge in [0, 0.05) is 18.3 Å². The van der Waals surface area contributed by atoms with Gasteiger partial charge in [-0.3, -0.25) is 0 Å². The Bertz CT molecular complexity index is 362. The summed E-state index contributed by atoms with van der Waals surface area (Å²) in [7, 11) is 0. The Morgan fingerprint density at radius 1 is 1.28 bits per heavy atom. The van der Waals surface area contributed by atoms with Gasteiger partial charge in [0.15, 0.2) is 0 Å². The van der Waals surface area contributed by atoms with Crippen molar-refractivity contribution in [1.29, 1.82) is 0 Å². The molecule has 0 bridgehead atoms. The van der Waals surface area contributed by atoms with Crippen LogP contribution in [0.5, 0.6) is 0 Å². The van der Waals surface area contributed by atoms with Crippen molar-refractivity contribution < 1.29 is 5.11 Å². The van der Waals surface area contributed by atoms with E-state index in [9.17, 15) is 5.11 Å². The maximum atomic E-state index is 9.17. The molecule has 0 aliphatic rings. The largest absolute Gasteiger partial charge is 0.392 e. The molecule has 1 aromatic carbocycles. The molecular weight excluding hydrogens is 222 g/mol. The number of unbranched alkanes of at least 4 members (excludes halogenated alkanes) is 1. The number of benzene rings is 1. The number of rotatable bonds is 7. The highest BCUT2D eigenvalue weighted by molar-refractivity contribution is 5.55. The van der Waals surface area contributed by atoms with E-state index in [1.807, 2.05) is 6.07 Å². The second-order valence-corrected chi connectivity index (χ2v) is 5.08. The molecule has 18 heavy (non-hydrogen) atoms. The van der Waals surface area contributed by atoms with Crippen LogP contribution in [-0.2, 0) is 6.61 Å². The smallest absolute Gasteiger partial charge is 0.0681 e. The Morgan fingerprint density at radius 2 is 2.00 bits per heavy atom. The van der Waals surface area contributed by atoms with Gasteiger partial charge in [0.25, 0.3) is 0 Å². The van der Waals surface area contributed by atoms with E-state index in [0.29, 0.717) is 6.04 Å². The number of nitrogens with zero attached hydrogens (tertiary/aromatic N) is 1. The highest BCUT2D eigenvalue weighted by atomic mass is 16.3. The number of hydrogen-bond donors (Lipinski definition) is 1. The Morgan fingerprint density at radius 3 is 2.50 bits per heavy atom. The van der Waals surface area contributed by atoms with E-state index < -0.39 is 0 Å². The van der Waals surface area contributed by atoms with E-state index in [0.717, 1.165) is 18.5 Å². The molecule has 1 N–H and O–H groups in total. The van der Waals surface area contributed by atoms with Crippen LogP contribution in [0.4, 0.5) is 5.69 Å². The van der Waals surface area contributed by atoms with Crippen molar-refractivity contribution in [2.75, 3.05) is 11.4 Å². The fourth-order valence-corrected chi connectivity index (χ4v) is 2.27. The van der Waals surface area contributed by atoms with Crippen LogP contribution in [0.3, 0.4) is 0 Å². The molecule has 1 rings (SSSR count). The fraction of sp³-hybridized carbons (Fsp3) is 0.625. The van der Waals surface area contributed by atoms with Crippen LogP contribution < -0.4 is 4.90 Å². The Hall–Kier alpha value is -1.02. The van der Waals surface area contributed by atoms with Gasteiger partial charge in [-0.2, -0.15) is 0 Å². The second-order valence-electron chi connectivity index (χ2n) is 5.08. The van der Waals surface area contributed by atoms with Crippen LogP contribution in [0.25, 0.3) is 0 Å². The van der Waals surface area contributed by atoms with Crippen LogP contribution in [0.15, 0.2) is 18.2 Å². The molecule has 0 saturated carbocycles. The zero-order valence-electron chi connectivity index (χ0n) is 12.2. The maximum absolute atomic E-state index is 9.17. The summed E-state index contributed by atoms with van der Waals surface area (Å²) in [5.41, 5.74) is 3.57. The van der Waals surface area contributed by atoms with Gasteiger partial charge in [0.1, 0.15) is 0 Å². The first-order valence-corrected chi connectivity index (χ1v) is 7.11. The van der Waals surface area contributed by atoms with Gasteiger partial charge >= 0.3 is 0 Å². The number of anilines is 1. The quantitative estimate of drug-likeness (QED) is 0.792. The summed E-state index contributed by atoms with van der Waals surface area (Å²) >= 11 is 0. The van der Waals surface area contributed by atoms with Crippen LogP contribution in [0.1, 0.15) is 51.2 Å². The molecule has 0 radical (unpaired) electrons. The molecule has 2 nitrogen and oxygen atoms in total. The zero-order chi connectivity index (χ0) is 13.5. The summed E-state index contributed by atoms with van der Waals surface area (Å²) in [6.45, 7) is 10.1. The van der Waals surface area contributed by atoms with E-state index in [4.69, 9.17) is 0 Å². The first-order valence-electron chi connectivity index (χ1n) is 7.11. The van der Waals surface area contributed by atoms with Gasteiger partial charge < -0.3 is 10.0 Å². The lowest BCUT2D eigenvalue weighted by Gasteiger charge is -2.32. The summed E-state index contributed by atoms with van der Waals surface area (Å²) in [6.07, 6.45) is 3.61. The molecule has 0 fully saturated rings. The molecule has 1 aromatic rings. The van der Waals surface area contributed by atoms with Gasteiger partial charge in [-0.1, -0.05) is 32.4 Å². The Labute approximate surface area is 112 Å². The van der Waals surface area contributed by atoms with Crippen molar-refractivity contribution >= 4 is 5.69 Å². The number of hydrogen-bond acceptors (Lipinski definition) is 2. The normalized spacial score (nSPS) is 12.5. The van der Waals surface area contributed by atoms with Crippen LogP contribution in [-0.4, -0.2) is 17.7 Å². The van der Waals surface area contributed by atoms with Crippen LogP contribution >= 0.6 is 0 Å². The Kier molecular flexibility index (Phi) is 6.20. The highest BCUT2D eigenvalue weighted by Crippen LogP contribution is 2.25.